The number of thioether (sulfide) groups is 1. The lowest BCUT2D eigenvalue weighted by Gasteiger charge is -2.11. The molecule has 0 aliphatic rings. The number of rotatable bonds is 8. The zero-order chi connectivity index (χ0) is 16.7. The molecule has 0 aliphatic carbocycles. The number of ether oxygens (including phenoxy) is 1. The molecule has 1 aromatic heterocycles. The monoisotopic (exact) mass is 360 g/mol. The molecular formula is C13H14F2N4O2S2. The first kappa shape index (κ1) is 17.4. The number of carbonyl (C=O) groups excluding carboxylic acids is 1. The van der Waals surface area contributed by atoms with E-state index in [2.05, 4.69) is 25.6 Å². The van der Waals surface area contributed by atoms with Crippen LogP contribution in [-0.2, 0) is 4.79 Å². The number of aromatic nitrogens is 2. The highest BCUT2D eigenvalue weighted by Crippen LogP contribution is 2.27. The summed E-state index contributed by atoms with van der Waals surface area (Å²) in [5, 5.41) is 14.1. The van der Waals surface area contributed by atoms with E-state index in [1.165, 1.54) is 35.2 Å². The van der Waals surface area contributed by atoms with Crippen LogP contribution in [0, 0.1) is 0 Å². The molecular weight excluding hydrogens is 346 g/mol. The van der Waals surface area contributed by atoms with E-state index < -0.39 is 6.61 Å². The molecule has 2 aromatic rings. The molecule has 0 spiro atoms. The van der Waals surface area contributed by atoms with Crippen molar-refractivity contribution in [1.82, 2.24) is 10.2 Å². The van der Waals surface area contributed by atoms with Crippen molar-refractivity contribution in [2.75, 3.05) is 22.9 Å². The third kappa shape index (κ3) is 5.64. The summed E-state index contributed by atoms with van der Waals surface area (Å²) in [7, 11) is 0. The number of anilines is 2. The van der Waals surface area contributed by atoms with E-state index in [-0.39, 0.29) is 23.1 Å². The number of para-hydroxylation sites is 2. The predicted molar refractivity (Wildman–Crippen MR) is 86.5 cm³/mol. The Morgan fingerprint density at radius 2 is 2.17 bits per heavy atom. The van der Waals surface area contributed by atoms with Gasteiger partial charge in [-0.25, -0.2) is 0 Å². The van der Waals surface area contributed by atoms with Crippen LogP contribution < -0.4 is 15.4 Å². The second kappa shape index (κ2) is 8.63. The van der Waals surface area contributed by atoms with Crippen molar-refractivity contribution in [2.24, 2.45) is 0 Å². The van der Waals surface area contributed by atoms with Crippen molar-refractivity contribution < 1.29 is 18.3 Å². The van der Waals surface area contributed by atoms with Gasteiger partial charge in [0.25, 0.3) is 0 Å². The zero-order valence-electron chi connectivity index (χ0n) is 12.1. The molecule has 124 valence electrons. The Labute approximate surface area is 139 Å². The van der Waals surface area contributed by atoms with Crippen molar-refractivity contribution >= 4 is 39.8 Å². The molecule has 0 atom stereocenters. The van der Waals surface area contributed by atoms with Crippen molar-refractivity contribution in [1.29, 1.82) is 0 Å². The van der Waals surface area contributed by atoms with Crippen LogP contribution >= 0.6 is 23.1 Å². The molecule has 23 heavy (non-hydrogen) atoms. The van der Waals surface area contributed by atoms with Crippen LogP contribution in [0.3, 0.4) is 0 Å². The molecule has 0 bridgehead atoms. The smallest absolute Gasteiger partial charge is 0.387 e. The largest absolute Gasteiger partial charge is 0.433 e. The van der Waals surface area contributed by atoms with Crippen molar-refractivity contribution in [3.05, 3.63) is 24.3 Å². The van der Waals surface area contributed by atoms with Crippen molar-refractivity contribution in [3.8, 4) is 5.75 Å². The quantitative estimate of drug-likeness (QED) is 0.704. The maximum Gasteiger partial charge on any atom is 0.387 e. The number of hydrogen-bond acceptors (Lipinski definition) is 7. The lowest BCUT2D eigenvalue weighted by atomic mass is 10.3. The van der Waals surface area contributed by atoms with Gasteiger partial charge in [-0.1, -0.05) is 35.2 Å². The number of carbonyl (C=O) groups is 1. The van der Waals surface area contributed by atoms with Crippen LogP contribution in [0.1, 0.15) is 6.92 Å². The molecule has 1 aromatic carbocycles. The molecule has 2 rings (SSSR count). The van der Waals surface area contributed by atoms with E-state index in [1.54, 1.807) is 12.1 Å². The van der Waals surface area contributed by atoms with E-state index in [4.69, 9.17) is 0 Å². The molecule has 0 radical (unpaired) electrons. The number of benzene rings is 1. The first-order valence-corrected chi connectivity index (χ1v) is 8.42. The Hall–Kier alpha value is -1.94. The predicted octanol–water partition coefficient (Wildman–Crippen LogP) is 3.30. The summed E-state index contributed by atoms with van der Waals surface area (Å²) >= 11 is 2.56. The highest BCUT2D eigenvalue weighted by molar-refractivity contribution is 8.01. The maximum absolute atomic E-state index is 12.3. The van der Waals surface area contributed by atoms with Crippen LogP contribution in [0.4, 0.5) is 19.6 Å². The fraction of sp³-hybridized carbons (Fsp3) is 0.308. The van der Waals surface area contributed by atoms with Crippen LogP contribution in [0.25, 0.3) is 0 Å². The Bertz CT molecular complexity index is 654. The Balaban J connectivity index is 1.89. The summed E-state index contributed by atoms with van der Waals surface area (Å²) in [5.41, 5.74) is 0.198. The summed E-state index contributed by atoms with van der Waals surface area (Å²) in [6.07, 6.45) is 0. The topological polar surface area (TPSA) is 76.1 Å². The first-order valence-electron chi connectivity index (χ1n) is 6.62. The van der Waals surface area contributed by atoms with Gasteiger partial charge in [0.1, 0.15) is 5.75 Å². The van der Waals surface area contributed by atoms with Crippen molar-refractivity contribution in [2.45, 2.75) is 17.9 Å². The second-order valence-corrected chi connectivity index (χ2v) is 6.31. The molecule has 6 nitrogen and oxygen atoms in total. The van der Waals surface area contributed by atoms with E-state index in [1.807, 2.05) is 6.92 Å². The van der Waals surface area contributed by atoms with Gasteiger partial charge in [-0.05, 0) is 19.1 Å². The first-order chi connectivity index (χ1) is 11.1. The lowest BCUT2D eigenvalue weighted by Crippen LogP contribution is -2.15. The van der Waals surface area contributed by atoms with Crippen LogP contribution in [0.5, 0.6) is 5.75 Å². The maximum atomic E-state index is 12.3. The fourth-order valence-electron chi connectivity index (χ4n) is 1.57. The number of halogens is 2. The zero-order valence-corrected chi connectivity index (χ0v) is 13.7. The van der Waals surface area contributed by atoms with Gasteiger partial charge in [0.2, 0.25) is 11.0 Å². The molecule has 0 saturated carbocycles. The average molecular weight is 360 g/mol. The summed E-state index contributed by atoms with van der Waals surface area (Å²) in [4.78, 5) is 11.9. The molecule has 1 amide bonds. The van der Waals surface area contributed by atoms with Gasteiger partial charge in [0.15, 0.2) is 4.34 Å². The van der Waals surface area contributed by atoms with Crippen molar-refractivity contribution in [3.63, 3.8) is 0 Å². The molecule has 1 heterocycles. The number of hydrogen-bond donors (Lipinski definition) is 2. The normalized spacial score (nSPS) is 10.6. The van der Waals surface area contributed by atoms with Gasteiger partial charge in [-0.3, -0.25) is 4.79 Å². The standard InChI is InChI=1S/C13H14F2N4O2S2/c1-2-16-12-18-19-13(23-12)22-7-10(20)17-8-5-3-4-6-9(8)21-11(14)15/h3-6,11H,2,7H2,1H3,(H,16,18)(H,17,20). The van der Waals surface area contributed by atoms with E-state index >= 15 is 0 Å². The van der Waals surface area contributed by atoms with Gasteiger partial charge in [0, 0.05) is 6.54 Å². The third-order valence-corrected chi connectivity index (χ3v) is 4.45. The summed E-state index contributed by atoms with van der Waals surface area (Å²) < 4.78 is 29.6. The highest BCUT2D eigenvalue weighted by atomic mass is 32.2. The minimum absolute atomic E-state index is 0.0776. The minimum Gasteiger partial charge on any atom is -0.433 e. The molecule has 0 saturated heterocycles. The van der Waals surface area contributed by atoms with Crippen LogP contribution in [0.2, 0.25) is 0 Å². The van der Waals surface area contributed by atoms with E-state index in [0.29, 0.717) is 9.47 Å². The second-order valence-electron chi connectivity index (χ2n) is 4.11. The number of amides is 1. The molecule has 2 N–H and O–H groups in total. The molecule has 0 fully saturated rings. The SMILES string of the molecule is CCNc1nnc(SCC(=O)Nc2ccccc2OC(F)F)s1. The van der Waals surface area contributed by atoms with E-state index in [9.17, 15) is 13.6 Å². The van der Waals surface area contributed by atoms with Gasteiger partial charge in [-0.2, -0.15) is 8.78 Å². The molecule has 0 unspecified atom stereocenters. The van der Waals surface area contributed by atoms with Crippen LogP contribution in [0.15, 0.2) is 28.6 Å². The Kier molecular flexibility index (Phi) is 6.53. The third-order valence-electron chi connectivity index (χ3n) is 2.44. The minimum atomic E-state index is -2.95. The van der Waals surface area contributed by atoms with Gasteiger partial charge < -0.3 is 15.4 Å². The number of alkyl halides is 2. The summed E-state index contributed by atoms with van der Waals surface area (Å²) in [5.74, 6) is -0.337. The fourth-order valence-corrected chi connectivity index (χ4v) is 3.19. The molecule has 10 heteroatoms. The summed E-state index contributed by atoms with van der Waals surface area (Å²) in [6, 6.07) is 6.02. The Morgan fingerprint density at radius 3 is 2.91 bits per heavy atom. The van der Waals surface area contributed by atoms with Crippen LogP contribution in [-0.4, -0.2) is 35.0 Å². The van der Waals surface area contributed by atoms with Gasteiger partial charge in [0.05, 0.1) is 11.4 Å². The average Bonchev–Trinajstić information content (AvgIpc) is 2.95. The van der Waals surface area contributed by atoms with Gasteiger partial charge >= 0.3 is 6.61 Å². The number of nitrogens with zero attached hydrogens (tertiary/aromatic N) is 2. The highest BCUT2D eigenvalue weighted by Gasteiger charge is 2.12. The number of nitrogens with one attached hydrogen (secondary N) is 2. The molecule has 0 aliphatic heterocycles. The summed E-state index contributed by atoms with van der Waals surface area (Å²) in [6.45, 7) is -0.269. The van der Waals surface area contributed by atoms with Gasteiger partial charge in [-0.15, -0.1) is 10.2 Å². The Morgan fingerprint density at radius 1 is 1.39 bits per heavy atom. The lowest BCUT2D eigenvalue weighted by molar-refractivity contribution is -0.113. The van der Waals surface area contributed by atoms with E-state index in [0.717, 1.165) is 6.54 Å².